The second kappa shape index (κ2) is 9.09. The molecule has 8 heteroatoms. The molecule has 0 spiro atoms. The molecule has 0 bridgehead atoms. The molecule has 146 valence electrons. The van der Waals surface area contributed by atoms with E-state index in [1.165, 1.54) is 21.8 Å². The lowest BCUT2D eigenvalue weighted by molar-refractivity contribution is -0.917. The van der Waals surface area contributed by atoms with E-state index in [4.69, 9.17) is 12.2 Å². The van der Waals surface area contributed by atoms with Gasteiger partial charge < -0.3 is 15.5 Å². The van der Waals surface area contributed by atoms with Crippen molar-refractivity contribution in [3.8, 4) is 0 Å². The first kappa shape index (κ1) is 20.2. The molecule has 3 aromatic rings. The van der Waals surface area contributed by atoms with Crippen molar-refractivity contribution in [3.05, 3.63) is 69.2 Å². The SMILES string of the molecule is CNC(=O)c1ccc(C[NH+](C)Cn2nc(Nc3cccc(C)c3)sc2=S)cc1. The van der Waals surface area contributed by atoms with Gasteiger partial charge in [-0.25, -0.2) is 0 Å². The summed E-state index contributed by atoms with van der Waals surface area (Å²) in [4.78, 5) is 12.9. The topological polar surface area (TPSA) is 63.4 Å². The van der Waals surface area contributed by atoms with Crippen LogP contribution in [0.5, 0.6) is 0 Å². The minimum Gasteiger partial charge on any atom is -0.355 e. The van der Waals surface area contributed by atoms with E-state index < -0.39 is 0 Å². The number of benzene rings is 2. The van der Waals surface area contributed by atoms with E-state index in [9.17, 15) is 4.79 Å². The third-order valence-corrected chi connectivity index (χ3v) is 5.47. The molecule has 0 saturated heterocycles. The van der Waals surface area contributed by atoms with E-state index in [0.29, 0.717) is 12.2 Å². The highest BCUT2D eigenvalue weighted by Gasteiger charge is 2.10. The quantitative estimate of drug-likeness (QED) is 0.520. The highest BCUT2D eigenvalue weighted by Crippen LogP contribution is 2.20. The van der Waals surface area contributed by atoms with Crippen LogP contribution in [0, 0.1) is 10.9 Å². The van der Waals surface area contributed by atoms with Gasteiger partial charge >= 0.3 is 0 Å². The van der Waals surface area contributed by atoms with Crippen LogP contribution in [0.2, 0.25) is 0 Å². The van der Waals surface area contributed by atoms with Crippen molar-refractivity contribution in [2.45, 2.75) is 20.1 Å². The molecule has 1 atom stereocenters. The van der Waals surface area contributed by atoms with Crippen molar-refractivity contribution in [1.82, 2.24) is 15.1 Å². The van der Waals surface area contributed by atoms with Crippen LogP contribution in [-0.2, 0) is 13.2 Å². The second-order valence-electron chi connectivity index (χ2n) is 6.74. The van der Waals surface area contributed by atoms with Crippen LogP contribution < -0.4 is 15.5 Å². The van der Waals surface area contributed by atoms with Gasteiger partial charge in [-0.2, -0.15) is 4.68 Å². The Morgan fingerprint density at radius 1 is 1.25 bits per heavy atom. The highest BCUT2D eigenvalue weighted by molar-refractivity contribution is 7.73. The predicted molar refractivity (Wildman–Crippen MR) is 116 cm³/mol. The lowest BCUT2D eigenvalue weighted by atomic mass is 10.1. The van der Waals surface area contributed by atoms with Gasteiger partial charge in [0.05, 0.1) is 7.05 Å². The highest BCUT2D eigenvalue weighted by atomic mass is 32.1. The Hall–Kier alpha value is -2.55. The number of anilines is 2. The number of aryl methyl sites for hydroxylation is 1. The van der Waals surface area contributed by atoms with Crippen molar-refractivity contribution in [3.63, 3.8) is 0 Å². The number of hydrogen-bond donors (Lipinski definition) is 3. The van der Waals surface area contributed by atoms with Gasteiger partial charge in [-0.3, -0.25) is 4.79 Å². The number of carbonyl (C=O) groups is 1. The molecule has 3 rings (SSSR count). The number of hydrogen-bond acceptors (Lipinski definition) is 5. The Bertz CT molecular complexity index is 1010. The van der Waals surface area contributed by atoms with Gasteiger partial charge in [0.2, 0.25) is 5.13 Å². The van der Waals surface area contributed by atoms with Crippen LogP contribution in [-0.4, -0.2) is 29.8 Å². The van der Waals surface area contributed by atoms with Crippen LogP contribution in [0.15, 0.2) is 48.5 Å². The van der Waals surface area contributed by atoms with E-state index in [1.807, 2.05) is 41.1 Å². The molecule has 0 radical (unpaired) electrons. The summed E-state index contributed by atoms with van der Waals surface area (Å²) in [5, 5.41) is 11.4. The van der Waals surface area contributed by atoms with Gasteiger partial charge in [0.1, 0.15) is 6.54 Å². The van der Waals surface area contributed by atoms with Crippen LogP contribution >= 0.6 is 23.6 Å². The van der Waals surface area contributed by atoms with E-state index in [1.54, 1.807) is 7.05 Å². The second-order valence-corrected chi connectivity index (χ2v) is 8.36. The van der Waals surface area contributed by atoms with E-state index in [-0.39, 0.29) is 5.91 Å². The fourth-order valence-electron chi connectivity index (χ4n) is 2.88. The molecule has 2 aromatic carbocycles. The molecule has 3 N–H and O–H groups in total. The number of nitrogens with zero attached hydrogens (tertiary/aromatic N) is 2. The smallest absolute Gasteiger partial charge is 0.251 e. The Morgan fingerprint density at radius 2 is 2.00 bits per heavy atom. The van der Waals surface area contributed by atoms with E-state index >= 15 is 0 Å². The zero-order valence-electron chi connectivity index (χ0n) is 16.2. The maximum absolute atomic E-state index is 11.6. The summed E-state index contributed by atoms with van der Waals surface area (Å²) in [7, 11) is 3.73. The van der Waals surface area contributed by atoms with Crippen molar-refractivity contribution in [2.75, 3.05) is 19.4 Å². The molecule has 0 aliphatic carbocycles. The number of aromatic nitrogens is 2. The summed E-state index contributed by atoms with van der Waals surface area (Å²) in [6, 6.07) is 15.8. The summed E-state index contributed by atoms with van der Waals surface area (Å²) < 4.78 is 2.59. The van der Waals surface area contributed by atoms with Crippen LogP contribution in [0.3, 0.4) is 0 Å². The molecule has 0 fully saturated rings. The maximum atomic E-state index is 11.6. The molecule has 1 unspecified atom stereocenters. The fraction of sp³-hybridized carbons (Fsp3) is 0.250. The van der Waals surface area contributed by atoms with Gasteiger partial charge in [0.25, 0.3) is 5.91 Å². The van der Waals surface area contributed by atoms with Crippen molar-refractivity contribution < 1.29 is 9.69 Å². The molecule has 0 aliphatic rings. The number of quaternary nitrogens is 1. The Morgan fingerprint density at radius 3 is 2.68 bits per heavy atom. The first-order valence-electron chi connectivity index (χ1n) is 8.98. The molecular weight excluding hydrogens is 390 g/mol. The summed E-state index contributed by atoms with van der Waals surface area (Å²) in [5.41, 5.74) is 4.02. The first-order valence-corrected chi connectivity index (χ1v) is 10.2. The average Bonchev–Trinajstić information content (AvgIpc) is 3.00. The molecule has 1 aromatic heterocycles. The monoisotopic (exact) mass is 414 g/mol. The van der Waals surface area contributed by atoms with E-state index in [2.05, 4.69) is 41.8 Å². The molecule has 1 heterocycles. The zero-order valence-corrected chi connectivity index (χ0v) is 17.8. The van der Waals surface area contributed by atoms with Gasteiger partial charge in [0, 0.05) is 23.9 Å². The minimum absolute atomic E-state index is 0.0744. The molecular formula is C20H24N5OS2+. The van der Waals surface area contributed by atoms with Crippen molar-refractivity contribution >= 4 is 40.3 Å². The van der Waals surface area contributed by atoms with Gasteiger partial charge in [-0.15, -0.1) is 5.10 Å². The predicted octanol–water partition coefficient (Wildman–Crippen LogP) is 2.76. The third kappa shape index (κ3) is 5.25. The van der Waals surface area contributed by atoms with Gasteiger partial charge in [0.15, 0.2) is 10.6 Å². The fourth-order valence-corrected chi connectivity index (χ4v) is 3.91. The molecule has 6 nitrogen and oxygen atoms in total. The van der Waals surface area contributed by atoms with Crippen LogP contribution in [0.25, 0.3) is 0 Å². The first-order chi connectivity index (χ1) is 13.4. The number of rotatable bonds is 7. The number of carbonyl (C=O) groups excluding carboxylic acids is 1. The molecule has 1 amide bonds. The van der Waals surface area contributed by atoms with Crippen LogP contribution in [0.1, 0.15) is 21.5 Å². The summed E-state index contributed by atoms with van der Waals surface area (Å²) >= 11 is 6.95. The Balaban J connectivity index is 1.62. The largest absolute Gasteiger partial charge is 0.355 e. The van der Waals surface area contributed by atoms with Crippen molar-refractivity contribution in [1.29, 1.82) is 0 Å². The molecule has 28 heavy (non-hydrogen) atoms. The lowest BCUT2D eigenvalue weighted by Gasteiger charge is -2.14. The summed E-state index contributed by atoms with van der Waals surface area (Å²) in [5.74, 6) is -0.0744. The Kier molecular flexibility index (Phi) is 6.56. The standard InChI is InChI=1S/C20H23N5OS2/c1-14-5-4-6-17(11-14)22-19-23-25(20(27)28-19)13-24(3)12-15-7-9-16(10-8-15)18(26)21-2/h4-11H,12-13H2,1-3H3,(H,21,26)(H,22,23)/p+1. The summed E-state index contributed by atoms with van der Waals surface area (Å²) in [6.45, 7) is 3.54. The van der Waals surface area contributed by atoms with Gasteiger partial charge in [-0.05, 0) is 49.0 Å². The zero-order chi connectivity index (χ0) is 20.1. The number of amides is 1. The van der Waals surface area contributed by atoms with Crippen molar-refractivity contribution in [2.24, 2.45) is 0 Å². The van der Waals surface area contributed by atoms with E-state index in [0.717, 1.165) is 26.9 Å². The minimum atomic E-state index is -0.0744. The lowest BCUT2D eigenvalue weighted by Crippen LogP contribution is -3.07. The Labute approximate surface area is 173 Å². The molecule has 0 saturated carbocycles. The molecule has 0 aliphatic heterocycles. The van der Waals surface area contributed by atoms with Crippen LogP contribution in [0.4, 0.5) is 10.8 Å². The maximum Gasteiger partial charge on any atom is 0.251 e. The number of nitrogens with one attached hydrogen (secondary N) is 3. The van der Waals surface area contributed by atoms with Gasteiger partial charge in [-0.1, -0.05) is 35.6 Å². The average molecular weight is 415 g/mol. The normalized spacial score (nSPS) is 11.8. The third-order valence-electron chi connectivity index (χ3n) is 4.24. The summed E-state index contributed by atoms with van der Waals surface area (Å²) in [6.07, 6.45) is 0.